The fraction of sp³-hybridized carbons (Fsp3) is 1.00. The van der Waals surface area contributed by atoms with E-state index in [0.29, 0.717) is 12.3 Å². The monoisotopic (exact) mass is 225 g/mol. The third-order valence-corrected chi connectivity index (χ3v) is 2.57. The summed E-state index contributed by atoms with van der Waals surface area (Å²) in [5.74, 6) is 0.668. The molecule has 0 heterocycles. The lowest BCUT2D eigenvalue weighted by atomic mass is 10.1. The van der Waals surface area contributed by atoms with Crippen molar-refractivity contribution in [3.63, 3.8) is 0 Å². The molecule has 0 bridgehead atoms. The smallest absolute Gasteiger partial charge is 0.372 e. The van der Waals surface area contributed by atoms with Gasteiger partial charge in [0.05, 0.1) is 0 Å². The van der Waals surface area contributed by atoms with E-state index < -0.39 is 12.8 Å². The Morgan fingerprint density at radius 1 is 1.27 bits per heavy atom. The number of hydrogen-bond acceptors (Lipinski definition) is 2. The molecule has 0 amide bonds. The first-order valence-corrected chi connectivity index (χ1v) is 5.39. The van der Waals surface area contributed by atoms with E-state index in [0.717, 1.165) is 12.8 Å². The van der Waals surface area contributed by atoms with Crippen LogP contribution < -0.4 is 5.73 Å². The van der Waals surface area contributed by atoms with Gasteiger partial charge in [0.1, 0.15) is 6.61 Å². The van der Waals surface area contributed by atoms with Gasteiger partial charge in [0.25, 0.3) is 0 Å². The van der Waals surface area contributed by atoms with Crippen molar-refractivity contribution in [1.29, 1.82) is 0 Å². The van der Waals surface area contributed by atoms with E-state index in [9.17, 15) is 13.2 Å². The molecule has 1 unspecified atom stereocenters. The molecular formula is C10H18F3NO. The second-order valence-corrected chi connectivity index (χ2v) is 4.16. The van der Waals surface area contributed by atoms with Crippen LogP contribution in [0.1, 0.15) is 32.1 Å². The van der Waals surface area contributed by atoms with Gasteiger partial charge in [-0.25, -0.2) is 0 Å². The van der Waals surface area contributed by atoms with Crippen LogP contribution in [0, 0.1) is 5.92 Å². The van der Waals surface area contributed by atoms with Crippen LogP contribution in [0.5, 0.6) is 0 Å². The zero-order valence-corrected chi connectivity index (χ0v) is 8.72. The molecule has 1 aliphatic carbocycles. The highest BCUT2D eigenvalue weighted by Crippen LogP contribution is 2.33. The molecule has 2 nitrogen and oxygen atoms in total. The first kappa shape index (κ1) is 12.8. The summed E-state index contributed by atoms with van der Waals surface area (Å²) in [6.45, 7) is -0.960. The van der Waals surface area contributed by atoms with Gasteiger partial charge in [-0.05, 0) is 38.0 Å². The van der Waals surface area contributed by atoms with Crippen molar-refractivity contribution in [2.45, 2.75) is 44.3 Å². The Bertz CT molecular complexity index is 180. The molecule has 0 aromatic heterocycles. The van der Waals surface area contributed by atoms with Crippen molar-refractivity contribution in [3.05, 3.63) is 0 Å². The minimum absolute atomic E-state index is 0.177. The van der Waals surface area contributed by atoms with Crippen molar-refractivity contribution >= 4 is 0 Å². The maximum absolute atomic E-state index is 11.7. The first-order chi connectivity index (χ1) is 6.99. The van der Waals surface area contributed by atoms with E-state index in [1.54, 1.807) is 0 Å². The Kier molecular flexibility index (Phi) is 4.86. The van der Waals surface area contributed by atoms with E-state index in [1.165, 1.54) is 12.8 Å². The number of alkyl halides is 3. The molecule has 2 N–H and O–H groups in total. The molecule has 1 rings (SSSR count). The lowest BCUT2D eigenvalue weighted by Crippen LogP contribution is -2.22. The summed E-state index contributed by atoms with van der Waals surface area (Å²) in [5, 5.41) is 0. The molecule has 5 heteroatoms. The number of unbranched alkanes of at least 4 members (excludes halogenated alkanes) is 1. The van der Waals surface area contributed by atoms with Crippen LogP contribution in [0.4, 0.5) is 13.2 Å². The molecule has 1 fully saturated rings. The summed E-state index contributed by atoms with van der Waals surface area (Å²) in [5.41, 5.74) is 5.84. The average molecular weight is 225 g/mol. The van der Waals surface area contributed by atoms with E-state index in [4.69, 9.17) is 5.73 Å². The normalized spacial score (nSPS) is 19.2. The Hall–Kier alpha value is -0.290. The van der Waals surface area contributed by atoms with Gasteiger partial charge in [0.2, 0.25) is 0 Å². The molecule has 15 heavy (non-hydrogen) atoms. The topological polar surface area (TPSA) is 35.2 Å². The van der Waals surface area contributed by atoms with Crippen LogP contribution in [-0.4, -0.2) is 25.4 Å². The van der Waals surface area contributed by atoms with Crippen LogP contribution in [0.3, 0.4) is 0 Å². The molecule has 0 saturated heterocycles. The van der Waals surface area contributed by atoms with E-state index >= 15 is 0 Å². The molecule has 0 aromatic carbocycles. The van der Waals surface area contributed by atoms with Gasteiger partial charge < -0.3 is 10.5 Å². The predicted molar refractivity (Wildman–Crippen MR) is 51.4 cm³/mol. The second-order valence-electron chi connectivity index (χ2n) is 4.16. The maximum Gasteiger partial charge on any atom is 0.411 e. The standard InChI is InChI=1S/C10H18F3NO/c11-10(12,13)7-15-6-2-1-3-9(14)8-4-5-8/h8-9H,1-7,14H2. The van der Waals surface area contributed by atoms with Gasteiger partial charge in [-0.15, -0.1) is 0 Å². The van der Waals surface area contributed by atoms with Crippen molar-refractivity contribution in [2.75, 3.05) is 13.2 Å². The van der Waals surface area contributed by atoms with Gasteiger partial charge in [-0.3, -0.25) is 0 Å². The number of rotatable bonds is 7. The van der Waals surface area contributed by atoms with Crippen molar-refractivity contribution in [2.24, 2.45) is 11.7 Å². The fourth-order valence-corrected chi connectivity index (χ4v) is 1.53. The molecule has 0 spiro atoms. The molecular weight excluding hydrogens is 207 g/mol. The Morgan fingerprint density at radius 2 is 1.93 bits per heavy atom. The summed E-state index contributed by atoms with van der Waals surface area (Å²) in [6.07, 6.45) is 0.647. The first-order valence-electron chi connectivity index (χ1n) is 5.39. The van der Waals surface area contributed by atoms with Gasteiger partial charge in [0.15, 0.2) is 0 Å². The SMILES string of the molecule is NC(CCCCOCC(F)(F)F)C1CC1. The minimum atomic E-state index is -4.20. The second kappa shape index (κ2) is 5.70. The fourth-order valence-electron chi connectivity index (χ4n) is 1.53. The highest BCUT2D eigenvalue weighted by Gasteiger charge is 2.28. The molecule has 1 atom stereocenters. The quantitative estimate of drug-likeness (QED) is 0.675. The number of hydrogen-bond donors (Lipinski definition) is 1. The molecule has 0 aromatic rings. The van der Waals surface area contributed by atoms with Crippen LogP contribution in [-0.2, 0) is 4.74 Å². The lowest BCUT2D eigenvalue weighted by molar-refractivity contribution is -0.174. The third kappa shape index (κ3) is 6.73. The van der Waals surface area contributed by atoms with E-state index in [-0.39, 0.29) is 12.6 Å². The maximum atomic E-state index is 11.7. The number of nitrogens with two attached hydrogens (primary N) is 1. The molecule has 1 saturated carbocycles. The molecule has 0 aliphatic heterocycles. The predicted octanol–water partition coefficient (Wildman–Crippen LogP) is 2.47. The third-order valence-electron chi connectivity index (χ3n) is 2.57. The lowest BCUT2D eigenvalue weighted by Gasteiger charge is -2.10. The minimum Gasteiger partial charge on any atom is -0.372 e. The van der Waals surface area contributed by atoms with Crippen LogP contribution in [0.2, 0.25) is 0 Å². The van der Waals surface area contributed by atoms with Gasteiger partial charge in [0, 0.05) is 12.6 Å². The zero-order valence-electron chi connectivity index (χ0n) is 8.72. The van der Waals surface area contributed by atoms with Crippen molar-refractivity contribution < 1.29 is 17.9 Å². The van der Waals surface area contributed by atoms with Gasteiger partial charge in [-0.2, -0.15) is 13.2 Å². The molecule has 90 valence electrons. The molecule has 1 aliphatic rings. The zero-order chi connectivity index (χ0) is 11.3. The van der Waals surface area contributed by atoms with Crippen LogP contribution in [0.15, 0.2) is 0 Å². The Balaban J connectivity index is 1.84. The summed E-state index contributed by atoms with van der Waals surface area (Å²) in [6, 6.07) is 0.243. The Labute approximate surface area is 88.0 Å². The average Bonchev–Trinajstić information content (AvgIpc) is 2.91. The van der Waals surface area contributed by atoms with Gasteiger partial charge >= 0.3 is 6.18 Å². The summed E-state index contributed by atoms with van der Waals surface area (Å²) in [4.78, 5) is 0. The number of ether oxygens (including phenoxy) is 1. The van der Waals surface area contributed by atoms with Crippen LogP contribution >= 0.6 is 0 Å². The van der Waals surface area contributed by atoms with E-state index in [2.05, 4.69) is 4.74 Å². The summed E-state index contributed by atoms with van der Waals surface area (Å²) in [7, 11) is 0. The highest BCUT2D eigenvalue weighted by molar-refractivity contribution is 4.83. The Morgan fingerprint density at radius 3 is 2.47 bits per heavy atom. The van der Waals surface area contributed by atoms with Crippen LogP contribution in [0.25, 0.3) is 0 Å². The molecule has 0 radical (unpaired) electrons. The van der Waals surface area contributed by atoms with Crippen molar-refractivity contribution in [3.8, 4) is 0 Å². The van der Waals surface area contributed by atoms with Crippen molar-refractivity contribution in [1.82, 2.24) is 0 Å². The van der Waals surface area contributed by atoms with Gasteiger partial charge in [-0.1, -0.05) is 0 Å². The van der Waals surface area contributed by atoms with E-state index in [1.807, 2.05) is 0 Å². The highest BCUT2D eigenvalue weighted by atomic mass is 19.4. The summed E-state index contributed by atoms with van der Waals surface area (Å²) < 4.78 is 39.5. The largest absolute Gasteiger partial charge is 0.411 e. The summed E-state index contributed by atoms with van der Waals surface area (Å²) >= 11 is 0. The number of halogens is 3.